The zero-order valence-electron chi connectivity index (χ0n) is 10.0. The summed E-state index contributed by atoms with van der Waals surface area (Å²) < 4.78 is 17.7. The fourth-order valence-electron chi connectivity index (χ4n) is 1.61. The van der Waals surface area contributed by atoms with Gasteiger partial charge in [-0.25, -0.2) is 4.39 Å². The maximum atomic E-state index is 12.7. The molecule has 0 spiro atoms. The van der Waals surface area contributed by atoms with Crippen LogP contribution < -0.4 is 5.32 Å². The van der Waals surface area contributed by atoms with Crippen LogP contribution >= 0.6 is 0 Å². The molecule has 1 aromatic rings. The van der Waals surface area contributed by atoms with Gasteiger partial charge in [-0.1, -0.05) is 12.1 Å². The summed E-state index contributed by atoms with van der Waals surface area (Å²) in [5.74, 6) is -0.176. The average molecular weight is 225 g/mol. The highest BCUT2D eigenvalue weighted by molar-refractivity contribution is 5.16. The molecule has 90 valence electrons. The monoisotopic (exact) mass is 225 g/mol. The van der Waals surface area contributed by atoms with Crippen LogP contribution in [-0.4, -0.2) is 26.3 Å². The van der Waals surface area contributed by atoms with Gasteiger partial charge in [0.1, 0.15) is 5.82 Å². The number of hydrogen-bond acceptors (Lipinski definition) is 2. The third kappa shape index (κ3) is 5.24. The molecule has 0 aliphatic rings. The minimum Gasteiger partial charge on any atom is -0.385 e. The second-order valence-corrected chi connectivity index (χ2v) is 4.03. The number of ether oxygens (including phenoxy) is 1. The molecular formula is C13H20FNO. The molecule has 0 saturated heterocycles. The van der Waals surface area contributed by atoms with Crippen LogP contribution in [0.3, 0.4) is 0 Å². The highest BCUT2D eigenvalue weighted by Crippen LogP contribution is 2.05. The first-order valence-electron chi connectivity index (χ1n) is 5.69. The summed E-state index contributed by atoms with van der Waals surface area (Å²) in [6.45, 7) is 3.88. The second kappa shape index (κ2) is 7.36. The summed E-state index contributed by atoms with van der Waals surface area (Å²) in [5, 5.41) is 3.41. The van der Waals surface area contributed by atoms with Crippen LogP contribution in [0.4, 0.5) is 4.39 Å². The van der Waals surface area contributed by atoms with Crippen LogP contribution in [0.15, 0.2) is 24.3 Å². The first-order valence-corrected chi connectivity index (χ1v) is 5.69. The van der Waals surface area contributed by atoms with E-state index in [9.17, 15) is 4.39 Å². The largest absolute Gasteiger partial charge is 0.385 e. The minimum absolute atomic E-state index is 0.176. The van der Waals surface area contributed by atoms with E-state index in [0.717, 1.165) is 31.6 Å². The van der Waals surface area contributed by atoms with Crippen molar-refractivity contribution in [3.05, 3.63) is 35.6 Å². The Balaban J connectivity index is 2.23. The third-order valence-corrected chi connectivity index (χ3v) is 2.47. The summed E-state index contributed by atoms with van der Waals surface area (Å²) >= 11 is 0. The van der Waals surface area contributed by atoms with Gasteiger partial charge in [-0.3, -0.25) is 0 Å². The lowest BCUT2D eigenvalue weighted by Gasteiger charge is -2.13. The molecule has 0 aliphatic carbocycles. The van der Waals surface area contributed by atoms with E-state index in [0.29, 0.717) is 6.04 Å². The van der Waals surface area contributed by atoms with Crippen LogP contribution in [0.5, 0.6) is 0 Å². The van der Waals surface area contributed by atoms with Gasteiger partial charge in [0.2, 0.25) is 0 Å². The Labute approximate surface area is 96.8 Å². The molecule has 1 N–H and O–H groups in total. The number of rotatable bonds is 7. The van der Waals surface area contributed by atoms with Crippen LogP contribution in [-0.2, 0) is 11.2 Å². The number of halogens is 1. The smallest absolute Gasteiger partial charge is 0.123 e. The first-order chi connectivity index (χ1) is 7.72. The Hall–Kier alpha value is -0.930. The van der Waals surface area contributed by atoms with E-state index >= 15 is 0 Å². The number of nitrogens with one attached hydrogen (secondary N) is 1. The summed E-state index contributed by atoms with van der Waals surface area (Å²) in [4.78, 5) is 0. The molecule has 0 fully saturated rings. The van der Waals surface area contributed by atoms with Crippen LogP contribution in [0, 0.1) is 5.82 Å². The minimum atomic E-state index is -0.176. The molecule has 0 aliphatic heterocycles. The van der Waals surface area contributed by atoms with E-state index in [1.54, 1.807) is 7.11 Å². The molecule has 1 rings (SSSR count). The lowest BCUT2D eigenvalue weighted by atomic mass is 10.1. The highest BCUT2D eigenvalue weighted by atomic mass is 19.1. The Kier molecular flexibility index (Phi) is 6.04. The van der Waals surface area contributed by atoms with Gasteiger partial charge in [-0.2, -0.15) is 0 Å². The Morgan fingerprint density at radius 3 is 2.62 bits per heavy atom. The predicted molar refractivity (Wildman–Crippen MR) is 64.1 cm³/mol. The summed E-state index contributed by atoms with van der Waals surface area (Å²) in [7, 11) is 1.71. The number of methoxy groups -OCH3 is 1. The standard InChI is InChI=1S/C13H20FNO/c1-11(15-8-3-9-16-2)10-12-4-6-13(14)7-5-12/h4-7,11,15H,3,8-10H2,1-2H3. The molecule has 0 radical (unpaired) electrons. The summed E-state index contributed by atoms with van der Waals surface area (Å²) in [5.41, 5.74) is 1.16. The summed E-state index contributed by atoms with van der Waals surface area (Å²) in [6, 6.07) is 7.09. The maximum absolute atomic E-state index is 12.7. The van der Waals surface area contributed by atoms with Crippen molar-refractivity contribution < 1.29 is 9.13 Å². The quantitative estimate of drug-likeness (QED) is 0.719. The van der Waals surface area contributed by atoms with Gasteiger partial charge in [0.05, 0.1) is 0 Å². The Morgan fingerprint density at radius 1 is 1.31 bits per heavy atom. The topological polar surface area (TPSA) is 21.3 Å². The molecule has 1 aromatic carbocycles. The molecule has 1 unspecified atom stereocenters. The molecule has 16 heavy (non-hydrogen) atoms. The first kappa shape index (κ1) is 13.1. The average Bonchev–Trinajstić information content (AvgIpc) is 2.28. The van der Waals surface area contributed by atoms with Crippen LogP contribution in [0.1, 0.15) is 18.9 Å². The SMILES string of the molecule is COCCCNC(C)Cc1ccc(F)cc1. The highest BCUT2D eigenvalue weighted by Gasteiger charge is 2.02. The molecule has 0 bridgehead atoms. The van der Waals surface area contributed by atoms with Crippen molar-refractivity contribution in [1.82, 2.24) is 5.32 Å². The fourth-order valence-corrected chi connectivity index (χ4v) is 1.61. The van der Waals surface area contributed by atoms with Gasteiger partial charge in [0.25, 0.3) is 0 Å². The van der Waals surface area contributed by atoms with Crippen molar-refractivity contribution in [3.63, 3.8) is 0 Å². The Bertz CT molecular complexity index is 286. The van der Waals surface area contributed by atoms with E-state index in [4.69, 9.17) is 4.74 Å². The maximum Gasteiger partial charge on any atom is 0.123 e. The number of hydrogen-bond donors (Lipinski definition) is 1. The van der Waals surface area contributed by atoms with Crippen LogP contribution in [0.2, 0.25) is 0 Å². The molecule has 2 nitrogen and oxygen atoms in total. The van der Waals surface area contributed by atoms with Crippen molar-refractivity contribution in [2.45, 2.75) is 25.8 Å². The second-order valence-electron chi connectivity index (χ2n) is 4.03. The predicted octanol–water partition coefficient (Wildman–Crippen LogP) is 2.38. The zero-order chi connectivity index (χ0) is 11.8. The lowest BCUT2D eigenvalue weighted by Crippen LogP contribution is -2.29. The van der Waals surface area contributed by atoms with E-state index < -0.39 is 0 Å². The zero-order valence-corrected chi connectivity index (χ0v) is 10.0. The molecule has 3 heteroatoms. The van der Waals surface area contributed by atoms with Gasteiger partial charge in [-0.05, 0) is 44.0 Å². The van der Waals surface area contributed by atoms with Gasteiger partial charge < -0.3 is 10.1 Å². The normalized spacial score (nSPS) is 12.7. The molecule has 0 amide bonds. The van der Waals surface area contributed by atoms with Crippen LogP contribution in [0.25, 0.3) is 0 Å². The van der Waals surface area contributed by atoms with Crippen molar-refractivity contribution in [2.75, 3.05) is 20.3 Å². The Morgan fingerprint density at radius 2 is 2.00 bits per heavy atom. The van der Waals surface area contributed by atoms with E-state index in [2.05, 4.69) is 12.2 Å². The van der Waals surface area contributed by atoms with Gasteiger partial charge in [0.15, 0.2) is 0 Å². The van der Waals surface area contributed by atoms with Gasteiger partial charge in [-0.15, -0.1) is 0 Å². The van der Waals surface area contributed by atoms with Crippen molar-refractivity contribution >= 4 is 0 Å². The van der Waals surface area contributed by atoms with Gasteiger partial charge >= 0.3 is 0 Å². The van der Waals surface area contributed by atoms with Crippen molar-refractivity contribution in [3.8, 4) is 0 Å². The third-order valence-electron chi connectivity index (χ3n) is 2.47. The molecular weight excluding hydrogens is 205 g/mol. The molecule has 0 aromatic heterocycles. The molecule has 1 atom stereocenters. The van der Waals surface area contributed by atoms with Gasteiger partial charge in [0, 0.05) is 19.8 Å². The van der Waals surface area contributed by atoms with E-state index in [1.165, 1.54) is 12.1 Å². The van der Waals surface area contributed by atoms with Crippen molar-refractivity contribution in [2.24, 2.45) is 0 Å². The summed E-state index contributed by atoms with van der Waals surface area (Å²) in [6.07, 6.45) is 1.94. The molecule has 0 saturated carbocycles. The van der Waals surface area contributed by atoms with E-state index in [1.807, 2.05) is 12.1 Å². The molecule has 0 heterocycles. The number of benzene rings is 1. The van der Waals surface area contributed by atoms with E-state index in [-0.39, 0.29) is 5.82 Å². The fraction of sp³-hybridized carbons (Fsp3) is 0.538. The van der Waals surface area contributed by atoms with Crippen molar-refractivity contribution in [1.29, 1.82) is 0 Å². The lowest BCUT2D eigenvalue weighted by molar-refractivity contribution is 0.193.